The van der Waals surface area contributed by atoms with Crippen LogP contribution in [0.1, 0.15) is 37.3 Å². The fraction of sp³-hybridized carbons (Fsp3) is 0.417. The first-order valence-corrected chi connectivity index (χ1v) is 11.0. The van der Waals surface area contributed by atoms with Gasteiger partial charge in [-0.2, -0.15) is 0 Å². The summed E-state index contributed by atoms with van der Waals surface area (Å²) in [6.45, 7) is 0.691. The molecule has 3 aliphatic rings. The molecule has 5 rings (SSSR count). The Bertz CT molecular complexity index is 1030. The molecule has 8 heteroatoms. The zero-order valence-corrected chi connectivity index (χ0v) is 18.0. The number of hydrogen-bond donors (Lipinski definition) is 1. The third-order valence-corrected chi connectivity index (χ3v) is 6.14. The number of fused-ring (bicyclic) bond motifs is 2. The van der Waals surface area contributed by atoms with Crippen LogP contribution in [-0.2, 0) is 9.59 Å². The Morgan fingerprint density at radius 1 is 1.06 bits per heavy atom. The van der Waals surface area contributed by atoms with E-state index in [1.807, 2.05) is 0 Å². The van der Waals surface area contributed by atoms with Gasteiger partial charge in [-0.3, -0.25) is 14.5 Å². The summed E-state index contributed by atoms with van der Waals surface area (Å²) >= 11 is 0. The van der Waals surface area contributed by atoms with Crippen LogP contribution in [0.5, 0.6) is 23.0 Å². The highest BCUT2D eigenvalue weighted by molar-refractivity contribution is 6.03. The van der Waals surface area contributed by atoms with Crippen LogP contribution in [0.2, 0.25) is 0 Å². The van der Waals surface area contributed by atoms with Gasteiger partial charge in [-0.25, -0.2) is 0 Å². The van der Waals surface area contributed by atoms with Crippen molar-refractivity contribution >= 4 is 17.5 Å². The predicted molar refractivity (Wildman–Crippen MR) is 117 cm³/mol. The largest absolute Gasteiger partial charge is 0.493 e. The maximum atomic E-state index is 13.6. The Morgan fingerprint density at radius 3 is 2.62 bits per heavy atom. The molecule has 1 unspecified atom stereocenters. The highest BCUT2D eigenvalue weighted by Gasteiger charge is 2.39. The van der Waals surface area contributed by atoms with Crippen molar-refractivity contribution in [1.82, 2.24) is 5.32 Å². The van der Waals surface area contributed by atoms with Gasteiger partial charge in [0.25, 0.3) is 5.91 Å². The normalized spacial score (nSPS) is 20.2. The van der Waals surface area contributed by atoms with Crippen LogP contribution in [-0.4, -0.2) is 44.8 Å². The topological polar surface area (TPSA) is 86.3 Å². The van der Waals surface area contributed by atoms with Gasteiger partial charge in [0.2, 0.25) is 5.91 Å². The van der Waals surface area contributed by atoms with Gasteiger partial charge < -0.3 is 24.3 Å². The van der Waals surface area contributed by atoms with E-state index in [9.17, 15) is 9.59 Å². The van der Waals surface area contributed by atoms with E-state index in [2.05, 4.69) is 5.32 Å². The van der Waals surface area contributed by atoms with E-state index >= 15 is 0 Å². The number of anilines is 1. The van der Waals surface area contributed by atoms with E-state index in [1.165, 1.54) is 12.0 Å². The molecule has 2 aromatic carbocycles. The van der Waals surface area contributed by atoms with Crippen LogP contribution in [0.15, 0.2) is 36.4 Å². The number of rotatable bonds is 4. The molecular weight excluding hydrogens is 412 g/mol. The predicted octanol–water partition coefficient (Wildman–Crippen LogP) is 2.99. The smallest absolute Gasteiger partial charge is 0.265 e. The number of carbonyl (C=O) groups is 2. The second-order valence-electron chi connectivity index (χ2n) is 8.15. The van der Waals surface area contributed by atoms with Crippen LogP contribution < -0.4 is 29.2 Å². The van der Waals surface area contributed by atoms with Crippen molar-refractivity contribution in [2.45, 2.75) is 37.8 Å². The molecule has 32 heavy (non-hydrogen) atoms. The summed E-state index contributed by atoms with van der Waals surface area (Å²) in [6.07, 6.45) is 4.07. The van der Waals surface area contributed by atoms with E-state index in [0.29, 0.717) is 47.5 Å². The third kappa shape index (κ3) is 3.70. The lowest BCUT2D eigenvalue weighted by Crippen LogP contribution is -2.46. The minimum Gasteiger partial charge on any atom is -0.493 e. The lowest BCUT2D eigenvalue weighted by atomic mass is 10.0. The summed E-state index contributed by atoms with van der Waals surface area (Å²) in [5.74, 6) is 1.50. The number of ether oxygens (including phenoxy) is 4. The maximum Gasteiger partial charge on any atom is 0.265 e. The van der Waals surface area contributed by atoms with Gasteiger partial charge in [-0.15, -0.1) is 0 Å². The highest BCUT2D eigenvalue weighted by Crippen LogP contribution is 2.43. The highest BCUT2D eigenvalue weighted by atomic mass is 16.6. The SMILES string of the molecule is COc1cccc2c1OCC(=O)N(c1ccc3c(c1)OCCO3)C2C(=O)NC1CCCC1. The second kappa shape index (κ2) is 8.61. The lowest BCUT2D eigenvalue weighted by molar-refractivity contribution is -0.127. The Kier molecular flexibility index (Phi) is 5.51. The fourth-order valence-corrected chi connectivity index (χ4v) is 4.63. The number of para-hydroxylation sites is 1. The molecule has 1 saturated carbocycles. The maximum absolute atomic E-state index is 13.6. The van der Waals surface area contributed by atoms with Crippen LogP contribution in [0, 0.1) is 0 Å². The van der Waals surface area contributed by atoms with E-state index in [1.54, 1.807) is 36.4 Å². The Labute approximate surface area is 186 Å². The van der Waals surface area contributed by atoms with Crippen LogP contribution in [0.4, 0.5) is 5.69 Å². The molecule has 2 aliphatic heterocycles. The molecule has 8 nitrogen and oxygen atoms in total. The summed E-state index contributed by atoms with van der Waals surface area (Å²) in [6, 6.07) is 9.85. The molecule has 0 saturated heterocycles. The molecule has 2 heterocycles. The number of benzene rings is 2. The number of nitrogens with zero attached hydrogens (tertiary/aromatic N) is 1. The molecule has 0 aromatic heterocycles. The number of amides is 2. The van der Waals surface area contributed by atoms with Crippen molar-refractivity contribution < 1.29 is 28.5 Å². The molecule has 2 aromatic rings. The van der Waals surface area contributed by atoms with E-state index in [0.717, 1.165) is 25.7 Å². The first-order chi connectivity index (χ1) is 15.7. The molecule has 0 bridgehead atoms. The van der Waals surface area contributed by atoms with Crippen molar-refractivity contribution in [3.8, 4) is 23.0 Å². The Hall–Kier alpha value is -3.42. The average molecular weight is 438 g/mol. The van der Waals surface area contributed by atoms with Crippen molar-refractivity contribution in [1.29, 1.82) is 0 Å². The minimum absolute atomic E-state index is 0.109. The summed E-state index contributed by atoms with van der Waals surface area (Å²) in [5, 5.41) is 3.15. The van der Waals surface area contributed by atoms with Crippen LogP contribution in [0.25, 0.3) is 0 Å². The Morgan fingerprint density at radius 2 is 1.84 bits per heavy atom. The van der Waals surface area contributed by atoms with Crippen molar-refractivity contribution in [2.24, 2.45) is 0 Å². The first-order valence-electron chi connectivity index (χ1n) is 11.0. The van der Waals surface area contributed by atoms with Crippen LogP contribution >= 0.6 is 0 Å². The van der Waals surface area contributed by atoms with Gasteiger partial charge in [0.05, 0.1) is 7.11 Å². The van der Waals surface area contributed by atoms with Crippen molar-refractivity contribution in [3.05, 3.63) is 42.0 Å². The van der Waals surface area contributed by atoms with E-state index in [-0.39, 0.29) is 24.5 Å². The van der Waals surface area contributed by atoms with Gasteiger partial charge in [0, 0.05) is 23.4 Å². The van der Waals surface area contributed by atoms with Crippen molar-refractivity contribution in [2.75, 3.05) is 31.8 Å². The zero-order chi connectivity index (χ0) is 22.1. The first kappa shape index (κ1) is 20.5. The number of hydrogen-bond acceptors (Lipinski definition) is 6. The molecule has 168 valence electrons. The third-order valence-electron chi connectivity index (χ3n) is 6.14. The molecule has 1 N–H and O–H groups in total. The molecular formula is C24H26N2O6. The number of nitrogens with one attached hydrogen (secondary N) is 1. The molecule has 0 spiro atoms. The molecule has 0 radical (unpaired) electrons. The van der Waals surface area contributed by atoms with Gasteiger partial charge in [-0.1, -0.05) is 25.0 Å². The molecule has 2 amide bonds. The van der Waals surface area contributed by atoms with Gasteiger partial charge in [0.1, 0.15) is 19.3 Å². The van der Waals surface area contributed by atoms with Gasteiger partial charge in [-0.05, 0) is 31.0 Å². The fourth-order valence-electron chi connectivity index (χ4n) is 4.63. The van der Waals surface area contributed by atoms with E-state index < -0.39 is 6.04 Å². The summed E-state index contributed by atoms with van der Waals surface area (Å²) in [7, 11) is 1.54. The number of methoxy groups -OCH3 is 1. The van der Waals surface area contributed by atoms with Crippen LogP contribution in [0.3, 0.4) is 0 Å². The van der Waals surface area contributed by atoms with Crippen molar-refractivity contribution in [3.63, 3.8) is 0 Å². The van der Waals surface area contributed by atoms with E-state index in [4.69, 9.17) is 18.9 Å². The lowest BCUT2D eigenvalue weighted by Gasteiger charge is -2.31. The zero-order valence-electron chi connectivity index (χ0n) is 18.0. The minimum atomic E-state index is -0.904. The summed E-state index contributed by atoms with van der Waals surface area (Å²) in [5.41, 5.74) is 1.13. The van der Waals surface area contributed by atoms with Gasteiger partial charge >= 0.3 is 0 Å². The molecule has 1 atom stereocenters. The molecule has 1 aliphatic carbocycles. The average Bonchev–Trinajstić information content (AvgIpc) is 3.27. The summed E-state index contributed by atoms with van der Waals surface area (Å²) < 4.78 is 22.6. The molecule has 1 fully saturated rings. The quantitative estimate of drug-likeness (QED) is 0.790. The standard InChI is InChI=1S/C24H26N2O6/c1-29-19-8-4-7-17-22(24(28)25-15-5-2-3-6-15)26(21(27)14-32-23(17)19)16-9-10-18-20(13-16)31-12-11-30-18/h4,7-10,13,15,22H,2-3,5-6,11-12,14H2,1H3,(H,25,28). The Balaban J connectivity index is 1.60. The monoisotopic (exact) mass is 438 g/mol. The second-order valence-corrected chi connectivity index (χ2v) is 8.15. The number of carbonyl (C=O) groups excluding carboxylic acids is 2. The van der Waals surface area contributed by atoms with Gasteiger partial charge in [0.15, 0.2) is 29.6 Å². The summed E-state index contributed by atoms with van der Waals surface area (Å²) in [4.78, 5) is 28.4.